The lowest BCUT2D eigenvalue weighted by Gasteiger charge is -2.27. The SMILES string of the molecule is C[C@H](NC(=O)Cc1cc(F)cc(F)c1)C(=O)N[C@@H]1C(=O)NCCS[C@@H]1c1cccc2ccccc12. The number of amides is 3. The summed E-state index contributed by atoms with van der Waals surface area (Å²) in [6.07, 6.45) is -0.287. The molecule has 4 rings (SSSR count). The molecule has 3 N–H and O–H groups in total. The summed E-state index contributed by atoms with van der Waals surface area (Å²) in [7, 11) is 0. The maximum atomic E-state index is 13.4. The molecule has 182 valence electrons. The molecule has 0 aliphatic carbocycles. The Morgan fingerprint density at radius 3 is 2.57 bits per heavy atom. The van der Waals surface area contributed by atoms with Crippen LogP contribution < -0.4 is 16.0 Å². The molecule has 6 nitrogen and oxygen atoms in total. The molecule has 3 atom stereocenters. The Kier molecular flexibility index (Phi) is 7.65. The van der Waals surface area contributed by atoms with Gasteiger partial charge in [0.2, 0.25) is 17.7 Å². The van der Waals surface area contributed by atoms with E-state index in [1.54, 1.807) is 11.8 Å². The Balaban J connectivity index is 1.49. The van der Waals surface area contributed by atoms with E-state index >= 15 is 0 Å². The molecule has 1 saturated heterocycles. The van der Waals surface area contributed by atoms with Crippen molar-refractivity contribution in [1.29, 1.82) is 0 Å². The number of carbonyl (C=O) groups is 3. The number of benzene rings is 3. The van der Waals surface area contributed by atoms with Crippen LogP contribution in [0.2, 0.25) is 0 Å². The van der Waals surface area contributed by atoms with E-state index in [0.717, 1.165) is 34.5 Å². The lowest BCUT2D eigenvalue weighted by molar-refractivity contribution is -0.131. The van der Waals surface area contributed by atoms with Crippen LogP contribution in [0.3, 0.4) is 0 Å². The highest BCUT2D eigenvalue weighted by molar-refractivity contribution is 7.99. The summed E-state index contributed by atoms with van der Waals surface area (Å²) in [4.78, 5) is 38.3. The number of nitrogens with one attached hydrogen (secondary N) is 3. The lowest BCUT2D eigenvalue weighted by Crippen LogP contribution is -2.54. The van der Waals surface area contributed by atoms with E-state index in [0.29, 0.717) is 12.3 Å². The first-order valence-electron chi connectivity index (χ1n) is 11.2. The molecule has 3 aromatic rings. The second-order valence-electron chi connectivity index (χ2n) is 8.38. The van der Waals surface area contributed by atoms with Crippen molar-refractivity contribution in [3.63, 3.8) is 0 Å². The Morgan fingerprint density at radius 1 is 1.09 bits per heavy atom. The summed E-state index contributed by atoms with van der Waals surface area (Å²) in [5.41, 5.74) is 1.10. The van der Waals surface area contributed by atoms with Crippen molar-refractivity contribution in [2.24, 2.45) is 0 Å². The summed E-state index contributed by atoms with van der Waals surface area (Å²) >= 11 is 1.58. The van der Waals surface area contributed by atoms with Gasteiger partial charge in [-0.15, -0.1) is 11.8 Å². The van der Waals surface area contributed by atoms with Crippen molar-refractivity contribution in [2.75, 3.05) is 12.3 Å². The average molecular weight is 498 g/mol. The van der Waals surface area contributed by atoms with Crippen LogP contribution in [-0.2, 0) is 20.8 Å². The maximum absolute atomic E-state index is 13.4. The van der Waals surface area contributed by atoms with Gasteiger partial charge in [-0.1, -0.05) is 42.5 Å². The molecular formula is C26H25F2N3O3S. The molecule has 0 bridgehead atoms. The van der Waals surface area contributed by atoms with Crippen LogP contribution in [0.4, 0.5) is 8.78 Å². The first kappa shape index (κ1) is 24.7. The van der Waals surface area contributed by atoms with Gasteiger partial charge < -0.3 is 16.0 Å². The van der Waals surface area contributed by atoms with Crippen molar-refractivity contribution < 1.29 is 23.2 Å². The fraction of sp³-hybridized carbons (Fsp3) is 0.269. The van der Waals surface area contributed by atoms with E-state index in [4.69, 9.17) is 0 Å². The van der Waals surface area contributed by atoms with Crippen LogP contribution in [0.15, 0.2) is 60.7 Å². The third kappa shape index (κ3) is 5.97. The smallest absolute Gasteiger partial charge is 0.244 e. The summed E-state index contributed by atoms with van der Waals surface area (Å²) in [6.45, 7) is 1.97. The summed E-state index contributed by atoms with van der Waals surface area (Å²) in [5, 5.41) is 9.89. The third-order valence-electron chi connectivity index (χ3n) is 5.77. The molecule has 3 aromatic carbocycles. The van der Waals surface area contributed by atoms with Gasteiger partial charge in [-0.3, -0.25) is 14.4 Å². The Labute approximate surface area is 205 Å². The highest BCUT2D eigenvalue weighted by Crippen LogP contribution is 2.37. The molecular weight excluding hydrogens is 472 g/mol. The molecule has 0 saturated carbocycles. The zero-order chi connectivity index (χ0) is 24.9. The number of fused-ring (bicyclic) bond motifs is 1. The second kappa shape index (κ2) is 10.9. The van der Waals surface area contributed by atoms with Gasteiger partial charge in [-0.25, -0.2) is 8.78 Å². The van der Waals surface area contributed by atoms with Crippen molar-refractivity contribution in [3.8, 4) is 0 Å². The van der Waals surface area contributed by atoms with Crippen LogP contribution in [0.25, 0.3) is 10.8 Å². The van der Waals surface area contributed by atoms with Crippen LogP contribution >= 0.6 is 11.8 Å². The molecule has 1 aliphatic heterocycles. The number of rotatable bonds is 6. The maximum Gasteiger partial charge on any atom is 0.244 e. The minimum atomic E-state index is -0.963. The van der Waals surface area contributed by atoms with Gasteiger partial charge in [0.1, 0.15) is 23.7 Å². The van der Waals surface area contributed by atoms with Crippen LogP contribution in [-0.4, -0.2) is 42.1 Å². The van der Waals surface area contributed by atoms with E-state index in [2.05, 4.69) is 16.0 Å². The Hall–Kier alpha value is -3.46. The molecule has 0 unspecified atom stereocenters. The highest BCUT2D eigenvalue weighted by atomic mass is 32.2. The summed E-state index contributed by atoms with van der Waals surface area (Å²) in [5.74, 6) is -2.28. The second-order valence-corrected chi connectivity index (χ2v) is 9.63. The van der Waals surface area contributed by atoms with E-state index in [9.17, 15) is 23.2 Å². The largest absolute Gasteiger partial charge is 0.353 e. The van der Waals surface area contributed by atoms with Gasteiger partial charge in [0.25, 0.3) is 0 Å². The van der Waals surface area contributed by atoms with Crippen LogP contribution in [0.1, 0.15) is 23.3 Å². The van der Waals surface area contributed by atoms with Crippen molar-refractivity contribution in [2.45, 2.75) is 30.7 Å². The first-order chi connectivity index (χ1) is 16.8. The van der Waals surface area contributed by atoms with Crippen LogP contribution in [0, 0.1) is 11.6 Å². The fourth-order valence-corrected chi connectivity index (χ4v) is 5.39. The fourth-order valence-electron chi connectivity index (χ4n) is 4.15. The number of carbonyl (C=O) groups excluding carboxylic acids is 3. The van der Waals surface area contributed by atoms with Gasteiger partial charge in [0, 0.05) is 18.4 Å². The predicted molar refractivity (Wildman–Crippen MR) is 132 cm³/mol. The number of thioether (sulfide) groups is 1. The molecule has 3 amide bonds. The molecule has 35 heavy (non-hydrogen) atoms. The highest BCUT2D eigenvalue weighted by Gasteiger charge is 2.35. The zero-order valence-electron chi connectivity index (χ0n) is 19.0. The van der Waals surface area contributed by atoms with Gasteiger partial charge in [0.15, 0.2) is 0 Å². The molecule has 0 spiro atoms. The molecule has 1 fully saturated rings. The van der Waals surface area contributed by atoms with Gasteiger partial charge in [-0.05, 0) is 41.0 Å². The van der Waals surface area contributed by atoms with E-state index in [1.165, 1.54) is 6.92 Å². The van der Waals surface area contributed by atoms with Crippen molar-refractivity contribution >= 4 is 40.3 Å². The molecule has 9 heteroatoms. The van der Waals surface area contributed by atoms with Crippen molar-refractivity contribution in [3.05, 3.63) is 83.4 Å². The first-order valence-corrected chi connectivity index (χ1v) is 12.3. The van der Waals surface area contributed by atoms with E-state index in [-0.39, 0.29) is 23.1 Å². The quantitative estimate of drug-likeness (QED) is 0.488. The predicted octanol–water partition coefficient (Wildman–Crippen LogP) is 3.25. The number of hydrogen-bond donors (Lipinski definition) is 3. The van der Waals surface area contributed by atoms with Crippen molar-refractivity contribution in [1.82, 2.24) is 16.0 Å². The van der Waals surface area contributed by atoms with E-state index < -0.39 is 35.5 Å². The summed E-state index contributed by atoms with van der Waals surface area (Å²) in [6, 6.07) is 14.8. The van der Waals surface area contributed by atoms with Gasteiger partial charge >= 0.3 is 0 Å². The third-order valence-corrected chi connectivity index (χ3v) is 7.09. The molecule has 1 heterocycles. The van der Waals surface area contributed by atoms with E-state index in [1.807, 2.05) is 42.5 Å². The topological polar surface area (TPSA) is 87.3 Å². The van der Waals surface area contributed by atoms with Gasteiger partial charge in [0.05, 0.1) is 11.7 Å². The number of halogens is 2. The molecule has 1 aliphatic rings. The monoisotopic (exact) mass is 497 g/mol. The minimum absolute atomic E-state index is 0.156. The Bertz CT molecular complexity index is 1240. The Morgan fingerprint density at radius 2 is 1.80 bits per heavy atom. The lowest BCUT2D eigenvalue weighted by atomic mass is 9.97. The van der Waals surface area contributed by atoms with Gasteiger partial charge in [-0.2, -0.15) is 0 Å². The normalized spacial score (nSPS) is 18.9. The average Bonchev–Trinajstić information content (AvgIpc) is 2.99. The summed E-state index contributed by atoms with van der Waals surface area (Å²) < 4.78 is 26.8. The molecule has 0 aromatic heterocycles. The standard InChI is InChI=1S/C26H25F2N3O3S/c1-15(30-22(32)13-16-11-18(27)14-19(28)12-16)25(33)31-23-24(35-10-9-29-26(23)34)21-8-4-6-17-5-2-3-7-20(17)21/h2-8,11-12,14-15,23-24H,9-10,13H2,1H3,(H,29,34)(H,30,32)(H,31,33)/t15-,23-,24+/m0/s1. The molecule has 0 radical (unpaired) electrons. The zero-order valence-corrected chi connectivity index (χ0v) is 19.8. The number of hydrogen-bond acceptors (Lipinski definition) is 4. The van der Waals surface area contributed by atoms with Crippen LogP contribution in [0.5, 0.6) is 0 Å². The minimum Gasteiger partial charge on any atom is -0.353 e.